The van der Waals surface area contributed by atoms with Gasteiger partial charge in [0.2, 0.25) is 0 Å². The first kappa shape index (κ1) is 12.7. The highest BCUT2D eigenvalue weighted by Gasteiger charge is 2.31. The van der Waals surface area contributed by atoms with Gasteiger partial charge in [0.1, 0.15) is 5.75 Å². The van der Waals surface area contributed by atoms with Crippen LogP contribution >= 0.6 is 11.6 Å². The fourth-order valence-electron chi connectivity index (χ4n) is 1.58. The second kappa shape index (κ2) is 4.49. The van der Waals surface area contributed by atoms with Gasteiger partial charge in [-0.3, -0.25) is 4.79 Å². The van der Waals surface area contributed by atoms with Gasteiger partial charge in [0.25, 0.3) is 5.24 Å². The lowest BCUT2D eigenvalue weighted by Gasteiger charge is -2.11. The Balaban J connectivity index is 2.59. The molecule has 0 bridgehead atoms. The molecule has 0 aliphatic rings. The van der Waals surface area contributed by atoms with Gasteiger partial charge in [0.05, 0.1) is 0 Å². The van der Waals surface area contributed by atoms with E-state index in [9.17, 15) is 18.0 Å². The van der Waals surface area contributed by atoms with E-state index < -0.39 is 11.6 Å². The topological polar surface area (TPSA) is 26.3 Å². The molecule has 2 nitrogen and oxygen atoms in total. The molecular formula is C12H6ClF3O2. The Morgan fingerprint density at radius 1 is 1.17 bits per heavy atom. The van der Waals surface area contributed by atoms with E-state index in [1.165, 1.54) is 30.3 Å². The molecular weight excluding hydrogens is 269 g/mol. The molecule has 0 unspecified atom stereocenters. The van der Waals surface area contributed by atoms with Gasteiger partial charge in [-0.1, -0.05) is 18.2 Å². The summed E-state index contributed by atoms with van der Waals surface area (Å²) in [6, 6.07) is 8.44. The second-order valence-corrected chi connectivity index (χ2v) is 3.86. The van der Waals surface area contributed by atoms with E-state index in [0.29, 0.717) is 5.39 Å². The van der Waals surface area contributed by atoms with E-state index in [-0.39, 0.29) is 16.7 Å². The number of benzene rings is 2. The van der Waals surface area contributed by atoms with Crippen LogP contribution in [0.2, 0.25) is 0 Å². The average Bonchev–Trinajstić information content (AvgIpc) is 2.26. The molecule has 6 heteroatoms. The number of rotatable bonds is 2. The van der Waals surface area contributed by atoms with Gasteiger partial charge >= 0.3 is 6.36 Å². The van der Waals surface area contributed by atoms with Gasteiger partial charge in [0, 0.05) is 10.9 Å². The molecule has 2 rings (SSSR count). The molecule has 0 radical (unpaired) electrons. The van der Waals surface area contributed by atoms with E-state index in [1.54, 1.807) is 6.07 Å². The fourth-order valence-corrected chi connectivity index (χ4v) is 1.70. The number of hydrogen-bond donors (Lipinski definition) is 0. The van der Waals surface area contributed by atoms with E-state index in [1.807, 2.05) is 0 Å². The molecule has 94 valence electrons. The largest absolute Gasteiger partial charge is 0.573 e. The van der Waals surface area contributed by atoms with Crippen LogP contribution < -0.4 is 4.74 Å². The number of carbonyl (C=O) groups excluding carboxylic acids is 1. The number of halogens is 4. The summed E-state index contributed by atoms with van der Waals surface area (Å²) in [5.74, 6) is -0.361. The molecule has 0 aliphatic heterocycles. The van der Waals surface area contributed by atoms with Crippen molar-refractivity contribution in [1.82, 2.24) is 0 Å². The zero-order valence-corrected chi connectivity index (χ0v) is 9.55. The van der Waals surface area contributed by atoms with E-state index >= 15 is 0 Å². The highest BCUT2D eigenvalue weighted by Crippen LogP contribution is 2.31. The van der Waals surface area contributed by atoms with Crippen molar-refractivity contribution in [2.24, 2.45) is 0 Å². The van der Waals surface area contributed by atoms with Crippen molar-refractivity contribution in [1.29, 1.82) is 0 Å². The molecule has 0 saturated carbocycles. The smallest absolute Gasteiger partial charge is 0.405 e. The molecule has 0 fully saturated rings. The maximum atomic E-state index is 12.2. The molecule has 18 heavy (non-hydrogen) atoms. The van der Waals surface area contributed by atoms with E-state index in [0.717, 1.165) is 0 Å². The van der Waals surface area contributed by atoms with Crippen LogP contribution in [0.25, 0.3) is 10.8 Å². The predicted octanol–water partition coefficient (Wildman–Crippen LogP) is 4.12. The lowest BCUT2D eigenvalue weighted by Crippen LogP contribution is -2.17. The Hall–Kier alpha value is -1.75. The van der Waals surface area contributed by atoms with Crippen LogP contribution in [0.15, 0.2) is 36.4 Å². The Bertz CT molecular complexity index is 608. The summed E-state index contributed by atoms with van der Waals surface area (Å²) in [7, 11) is 0. The number of ether oxygens (including phenoxy) is 1. The van der Waals surface area contributed by atoms with Crippen LogP contribution in [0.1, 0.15) is 10.4 Å². The summed E-state index contributed by atoms with van der Waals surface area (Å²) in [5.41, 5.74) is 0.113. The third-order valence-electron chi connectivity index (χ3n) is 2.29. The number of hydrogen-bond acceptors (Lipinski definition) is 2. The zero-order chi connectivity index (χ0) is 13.3. The maximum absolute atomic E-state index is 12.2. The molecule has 2 aromatic carbocycles. The summed E-state index contributed by atoms with van der Waals surface area (Å²) in [6.45, 7) is 0. The van der Waals surface area contributed by atoms with Crippen LogP contribution in [0.5, 0.6) is 5.75 Å². The van der Waals surface area contributed by atoms with Gasteiger partial charge in [-0.25, -0.2) is 0 Å². The van der Waals surface area contributed by atoms with Crippen LogP contribution in [0, 0.1) is 0 Å². The van der Waals surface area contributed by atoms with Gasteiger partial charge in [-0.2, -0.15) is 0 Å². The standard InChI is InChI=1S/C12H6ClF3O2/c13-11(17)8-5-4-7-2-1-3-10(9(7)6-8)18-12(14,15)16/h1-6H. The van der Waals surface area contributed by atoms with Crippen molar-refractivity contribution < 1.29 is 22.7 Å². The molecule has 0 aromatic heterocycles. The third-order valence-corrected chi connectivity index (χ3v) is 2.51. The van der Waals surface area contributed by atoms with Crippen molar-refractivity contribution >= 4 is 27.6 Å². The number of carbonyl (C=O) groups is 1. The van der Waals surface area contributed by atoms with Crippen molar-refractivity contribution in [3.8, 4) is 5.75 Å². The van der Waals surface area contributed by atoms with Crippen LogP contribution in [-0.2, 0) is 0 Å². The van der Waals surface area contributed by atoms with E-state index in [4.69, 9.17) is 11.6 Å². The first-order valence-electron chi connectivity index (χ1n) is 4.85. The summed E-state index contributed by atoms with van der Waals surface area (Å²) in [4.78, 5) is 11.0. The molecule has 0 saturated heterocycles. The van der Waals surface area contributed by atoms with E-state index in [2.05, 4.69) is 4.74 Å². The van der Waals surface area contributed by atoms with Gasteiger partial charge in [0.15, 0.2) is 0 Å². The molecule has 2 aromatic rings. The van der Waals surface area contributed by atoms with Gasteiger partial charge in [-0.05, 0) is 35.2 Å². The first-order chi connectivity index (χ1) is 8.37. The zero-order valence-electron chi connectivity index (χ0n) is 8.79. The Morgan fingerprint density at radius 3 is 2.50 bits per heavy atom. The Kier molecular flexibility index (Phi) is 3.17. The number of alkyl halides is 3. The van der Waals surface area contributed by atoms with Crippen molar-refractivity contribution in [2.75, 3.05) is 0 Å². The first-order valence-corrected chi connectivity index (χ1v) is 5.23. The minimum absolute atomic E-state index is 0.113. The van der Waals surface area contributed by atoms with Crippen molar-refractivity contribution in [3.63, 3.8) is 0 Å². The van der Waals surface area contributed by atoms with Crippen molar-refractivity contribution in [3.05, 3.63) is 42.0 Å². The minimum atomic E-state index is -4.78. The Morgan fingerprint density at radius 2 is 1.89 bits per heavy atom. The second-order valence-electron chi connectivity index (χ2n) is 3.51. The molecule has 0 aliphatic carbocycles. The molecule has 0 amide bonds. The average molecular weight is 275 g/mol. The van der Waals surface area contributed by atoms with Gasteiger partial charge < -0.3 is 4.74 Å². The van der Waals surface area contributed by atoms with Crippen molar-refractivity contribution in [2.45, 2.75) is 6.36 Å². The maximum Gasteiger partial charge on any atom is 0.573 e. The van der Waals surface area contributed by atoms with Crippen LogP contribution in [0.3, 0.4) is 0 Å². The Labute approximate surface area is 105 Å². The SMILES string of the molecule is O=C(Cl)c1ccc2cccc(OC(F)(F)F)c2c1. The quantitative estimate of drug-likeness (QED) is 0.770. The van der Waals surface area contributed by atoms with Crippen LogP contribution in [-0.4, -0.2) is 11.6 Å². The highest BCUT2D eigenvalue weighted by molar-refractivity contribution is 6.67. The molecule has 0 N–H and O–H groups in total. The lowest BCUT2D eigenvalue weighted by atomic mass is 10.1. The predicted molar refractivity (Wildman–Crippen MR) is 60.8 cm³/mol. The minimum Gasteiger partial charge on any atom is -0.405 e. The summed E-state index contributed by atoms with van der Waals surface area (Å²) in [5, 5.41) is -0.0292. The summed E-state index contributed by atoms with van der Waals surface area (Å²) >= 11 is 5.29. The fraction of sp³-hybridized carbons (Fsp3) is 0.0833. The molecule has 0 spiro atoms. The summed E-state index contributed by atoms with van der Waals surface area (Å²) < 4.78 is 40.5. The third kappa shape index (κ3) is 2.73. The molecule has 0 atom stereocenters. The monoisotopic (exact) mass is 274 g/mol. The number of fused-ring (bicyclic) bond motifs is 1. The van der Waals surface area contributed by atoms with Gasteiger partial charge in [-0.15, -0.1) is 13.2 Å². The highest BCUT2D eigenvalue weighted by atomic mass is 35.5. The summed E-state index contributed by atoms with van der Waals surface area (Å²) in [6.07, 6.45) is -4.78. The van der Waals surface area contributed by atoms with Crippen LogP contribution in [0.4, 0.5) is 13.2 Å². The lowest BCUT2D eigenvalue weighted by molar-refractivity contribution is -0.274. The molecule has 0 heterocycles. The normalized spacial score (nSPS) is 11.6.